The van der Waals surface area contributed by atoms with Crippen molar-refractivity contribution >= 4 is 0 Å². The molecule has 2 N–H and O–H groups in total. The van der Waals surface area contributed by atoms with E-state index in [1.165, 1.54) is 35.1 Å². The number of hydrogen-bond donors (Lipinski definition) is 1. The minimum atomic E-state index is -0.144. The van der Waals surface area contributed by atoms with Crippen LogP contribution >= 0.6 is 0 Å². The monoisotopic (exact) mass is 273 g/mol. The average molecular weight is 273 g/mol. The molecular weight excluding hydrogens is 242 g/mol. The largest absolute Gasteiger partial charge is 0.321 e. The zero-order valence-electron chi connectivity index (χ0n) is 14.1. The first-order valence-corrected chi connectivity index (χ1v) is 8.13. The molecule has 1 saturated carbocycles. The first-order valence-electron chi connectivity index (χ1n) is 8.13. The van der Waals surface area contributed by atoms with Crippen LogP contribution in [-0.2, 0) is 5.54 Å². The van der Waals surface area contributed by atoms with Crippen molar-refractivity contribution in [3.8, 4) is 0 Å². The Morgan fingerprint density at radius 3 is 2.25 bits per heavy atom. The van der Waals surface area contributed by atoms with Gasteiger partial charge in [0.25, 0.3) is 0 Å². The van der Waals surface area contributed by atoms with Crippen LogP contribution in [-0.4, -0.2) is 0 Å². The number of aryl methyl sites for hydroxylation is 3. The van der Waals surface area contributed by atoms with E-state index >= 15 is 0 Å². The molecule has 20 heavy (non-hydrogen) atoms. The Kier molecular flexibility index (Phi) is 4.30. The summed E-state index contributed by atoms with van der Waals surface area (Å²) in [5, 5.41) is 0. The first kappa shape index (κ1) is 15.6. The lowest BCUT2D eigenvalue weighted by atomic mass is 9.62. The Morgan fingerprint density at radius 2 is 1.65 bits per heavy atom. The van der Waals surface area contributed by atoms with Crippen molar-refractivity contribution in [3.63, 3.8) is 0 Å². The molecule has 0 spiro atoms. The van der Waals surface area contributed by atoms with Gasteiger partial charge < -0.3 is 5.73 Å². The van der Waals surface area contributed by atoms with Gasteiger partial charge in [-0.25, -0.2) is 0 Å². The number of nitrogens with two attached hydrogens (primary N) is 1. The standard InChI is InChI=1S/C19H31N/c1-12(2)17-8-7-13(3)11-19(17,20)18-10-15(5)14(4)9-16(18)6/h9-10,12-13,17H,7-8,11,20H2,1-6H3. The van der Waals surface area contributed by atoms with Crippen LogP contribution in [0.4, 0.5) is 0 Å². The van der Waals surface area contributed by atoms with Crippen LogP contribution in [0.2, 0.25) is 0 Å². The third-order valence-electron chi connectivity index (χ3n) is 5.47. The molecule has 112 valence electrons. The minimum Gasteiger partial charge on any atom is -0.321 e. The smallest absolute Gasteiger partial charge is 0.0445 e. The second-order valence-electron chi connectivity index (χ2n) is 7.53. The molecule has 1 aliphatic carbocycles. The molecule has 1 fully saturated rings. The van der Waals surface area contributed by atoms with Crippen LogP contribution in [0.25, 0.3) is 0 Å². The predicted molar refractivity (Wildman–Crippen MR) is 87.9 cm³/mol. The van der Waals surface area contributed by atoms with E-state index in [0.29, 0.717) is 11.8 Å². The van der Waals surface area contributed by atoms with E-state index in [9.17, 15) is 0 Å². The van der Waals surface area contributed by atoms with Gasteiger partial charge in [-0.15, -0.1) is 0 Å². The molecule has 0 heterocycles. The number of rotatable bonds is 2. The van der Waals surface area contributed by atoms with Gasteiger partial charge in [0.15, 0.2) is 0 Å². The third kappa shape index (κ3) is 2.65. The molecule has 0 radical (unpaired) electrons. The highest BCUT2D eigenvalue weighted by molar-refractivity contribution is 5.41. The van der Waals surface area contributed by atoms with Crippen molar-refractivity contribution in [2.24, 2.45) is 23.5 Å². The molecular formula is C19H31N. The van der Waals surface area contributed by atoms with Crippen LogP contribution in [0.1, 0.15) is 62.3 Å². The van der Waals surface area contributed by atoms with Crippen molar-refractivity contribution in [1.29, 1.82) is 0 Å². The lowest BCUT2D eigenvalue weighted by Gasteiger charge is -2.47. The molecule has 1 aliphatic rings. The van der Waals surface area contributed by atoms with E-state index in [0.717, 1.165) is 12.3 Å². The third-order valence-corrected chi connectivity index (χ3v) is 5.47. The van der Waals surface area contributed by atoms with Gasteiger partial charge in [-0.1, -0.05) is 39.3 Å². The van der Waals surface area contributed by atoms with E-state index < -0.39 is 0 Å². The summed E-state index contributed by atoms with van der Waals surface area (Å²) in [6.07, 6.45) is 3.71. The van der Waals surface area contributed by atoms with Gasteiger partial charge in [0.1, 0.15) is 0 Å². The number of hydrogen-bond acceptors (Lipinski definition) is 1. The lowest BCUT2D eigenvalue weighted by Crippen LogP contribution is -2.50. The van der Waals surface area contributed by atoms with Crippen LogP contribution in [0.5, 0.6) is 0 Å². The summed E-state index contributed by atoms with van der Waals surface area (Å²) in [5.41, 5.74) is 12.4. The summed E-state index contributed by atoms with van der Waals surface area (Å²) < 4.78 is 0. The zero-order valence-corrected chi connectivity index (χ0v) is 14.1. The highest BCUT2D eigenvalue weighted by Gasteiger charge is 2.43. The van der Waals surface area contributed by atoms with Crippen molar-refractivity contribution < 1.29 is 0 Å². The van der Waals surface area contributed by atoms with E-state index in [1.54, 1.807) is 0 Å². The van der Waals surface area contributed by atoms with Gasteiger partial charge >= 0.3 is 0 Å². The average Bonchev–Trinajstić information content (AvgIpc) is 2.32. The van der Waals surface area contributed by atoms with Gasteiger partial charge in [-0.05, 0) is 73.6 Å². The minimum absolute atomic E-state index is 0.144. The van der Waals surface area contributed by atoms with Gasteiger partial charge in [0.2, 0.25) is 0 Å². The summed E-state index contributed by atoms with van der Waals surface area (Å²) in [6, 6.07) is 4.67. The van der Waals surface area contributed by atoms with E-state index in [4.69, 9.17) is 5.73 Å². The Balaban J connectivity index is 2.52. The number of benzene rings is 1. The van der Waals surface area contributed by atoms with Gasteiger partial charge in [0, 0.05) is 5.54 Å². The van der Waals surface area contributed by atoms with Crippen LogP contribution < -0.4 is 5.73 Å². The predicted octanol–water partition coefficient (Wildman–Crippen LogP) is 4.86. The highest BCUT2D eigenvalue weighted by Crippen LogP contribution is 2.46. The fourth-order valence-electron chi connectivity index (χ4n) is 4.25. The summed E-state index contributed by atoms with van der Waals surface area (Å²) in [6.45, 7) is 13.6. The quantitative estimate of drug-likeness (QED) is 0.818. The molecule has 3 unspecified atom stereocenters. The summed E-state index contributed by atoms with van der Waals surface area (Å²) >= 11 is 0. The molecule has 1 heteroatoms. The molecule has 0 saturated heterocycles. The second kappa shape index (κ2) is 5.52. The lowest BCUT2D eigenvalue weighted by molar-refractivity contribution is 0.108. The maximum Gasteiger partial charge on any atom is 0.0445 e. The highest BCUT2D eigenvalue weighted by atomic mass is 14.8. The summed E-state index contributed by atoms with van der Waals surface area (Å²) in [4.78, 5) is 0. The van der Waals surface area contributed by atoms with Crippen molar-refractivity contribution in [2.45, 2.75) is 66.3 Å². The maximum atomic E-state index is 7.04. The van der Waals surface area contributed by atoms with E-state index in [2.05, 4.69) is 53.7 Å². The van der Waals surface area contributed by atoms with Crippen LogP contribution in [0.3, 0.4) is 0 Å². The fraction of sp³-hybridized carbons (Fsp3) is 0.684. The molecule has 0 aromatic heterocycles. The second-order valence-corrected chi connectivity index (χ2v) is 7.53. The molecule has 0 amide bonds. The molecule has 0 bridgehead atoms. The Labute approximate surface area is 125 Å². The summed E-state index contributed by atoms with van der Waals surface area (Å²) in [5.74, 6) is 1.98. The van der Waals surface area contributed by atoms with Crippen molar-refractivity contribution in [3.05, 3.63) is 34.4 Å². The molecule has 1 nitrogen and oxygen atoms in total. The van der Waals surface area contributed by atoms with Gasteiger partial charge in [-0.2, -0.15) is 0 Å². The Hall–Kier alpha value is -0.820. The van der Waals surface area contributed by atoms with Crippen LogP contribution in [0.15, 0.2) is 12.1 Å². The Morgan fingerprint density at radius 1 is 1.05 bits per heavy atom. The zero-order chi connectivity index (χ0) is 15.1. The molecule has 3 atom stereocenters. The van der Waals surface area contributed by atoms with Crippen molar-refractivity contribution in [2.75, 3.05) is 0 Å². The first-order chi connectivity index (χ1) is 9.25. The van der Waals surface area contributed by atoms with Gasteiger partial charge in [-0.3, -0.25) is 0 Å². The maximum absolute atomic E-state index is 7.04. The molecule has 2 rings (SSSR count). The van der Waals surface area contributed by atoms with Gasteiger partial charge in [0.05, 0.1) is 0 Å². The SMILES string of the molecule is Cc1cc(C)c(C2(N)CC(C)CCC2C(C)C)cc1C. The van der Waals surface area contributed by atoms with Crippen LogP contribution in [0, 0.1) is 38.5 Å². The fourth-order valence-corrected chi connectivity index (χ4v) is 4.25. The topological polar surface area (TPSA) is 26.0 Å². The van der Waals surface area contributed by atoms with E-state index in [-0.39, 0.29) is 5.54 Å². The van der Waals surface area contributed by atoms with E-state index in [1.807, 2.05) is 0 Å². The molecule has 1 aromatic rings. The normalized spacial score (nSPS) is 30.8. The van der Waals surface area contributed by atoms with Crippen molar-refractivity contribution in [1.82, 2.24) is 0 Å². The molecule has 1 aromatic carbocycles. The molecule has 0 aliphatic heterocycles. The Bertz CT molecular complexity index is 489. The summed E-state index contributed by atoms with van der Waals surface area (Å²) in [7, 11) is 0.